The lowest BCUT2D eigenvalue weighted by Crippen LogP contribution is -2.30. The van der Waals surface area contributed by atoms with Crippen molar-refractivity contribution >= 4 is 17.6 Å². The van der Waals surface area contributed by atoms with Crippen LogP contribution in [-0.2, 0) is 9.53 Å². The van der Waals surface area contributed by atoms with Crippen LogP contribution in [0.2, 0.25) is 0 Å². The molecule has 25 heavy (non-hydrogen) atoms. The van der Waals surface area contributed by atoms with Gasteiger partial charge in [-0.05, 0) is 62.6 Å². The van der Waals surface area contributed by atoms with Gasteiger partial charge in [0.15, 0.2) is 6.10 Å². The van der Waals surface area contributed by atoms with Crippen LogP contribution in [-0.4, -0.2) is 25.1 Å². The lowest BCUT2D eigenvalue weighted by Gasteiger charge is -2.18. The van der Waals surface area contributed by atoms with Crippen molar-refractivity contribution in [1.29, 1.82) is 0 Å². The monoisotopic (exact) mass is 341 g/mol. The summed E-state index contributed by atoms with van der Waals surface area (Å²) in [4.78, 5) is 24.2. The normalized spacial score (nSPS) is 11.6. The van der Waals surface area contributed by atoms with E-state index in [4.69, 9.17) is 9.47 Å². The number of carbonyl (C=O) groups is 2. The maximum Gasteiger partial charge on any atom is 0.338 e. The number of amides is 1. The van der Waals surface area contributed by atoms with Gasteiger partial charge in [0.05, 0.1) is 12.7 Å². The van der Waals surface area contributed by atoms with E-state index in [0.29, 0.717) is 22.6 Å². The number of nitrogens with one attached hydrogen (secondary N) is 1. The number of benzene rings is 2. The minimum absolute atomic E-state index is 0.286. The summed E-state index contributed by atoms with van der Waals surface area (Å²) >= 11 is 0. The fourth-order valence-electron chi connectivity index (χ4n) is 2.43. The van der Waals surface area contributed by atoms with Crippen molar-refractivity contribution in [3.63, 3.8) is 0 Å². The molecule has 0 aliphatic carbocycles. The van der Waals surface area contributed by atoms with E-state index in [1.165, 1.54) is 7.11 Å². The number of anilines is 1. The highest BCUT2D eigenvalue weighted by Crippen LogP contribution is 2.23. The Bertz CT molecular complexity index is 798. The average molecular weight is 341 g/mol. The summed E-state index contributed by atoms with van der Waals surface area (Å²) in [6.45, 7) is 7.41. The van der Waals surface area contributed by atoms with Gasteiger partial charge in [0, 0.05) is 5.69 Å². The molecule has 2 aromatic rings. The fraction of sp³-hybridized carbons (Fsp3) is 0.300. The molecule has 2 rings (SSSR count). The second-order valence-electron chi connectivity index (χ2n) is 5.92. The molecule has 0 heterocycles. The Morgan fingerprint density at radius 3 is 2.36 bits per heavy atom. The van der Waals surface area contributed by atoms with E-state index >= 15 is 0 Å². The SMILES string of the molecule is COC(=O)c1cccc(NC(=O)[C@@H](C)Oc2cccc(C)c2C)c1C. The minimum Gasteiger partial charge on any atom is -0.481 e. The number of aryl methyl sites for hydroxylation is 1. The molecular weight excluding hydrogens is 318 g/mol. The minimum atomic E-state index is -0.679. The van der Waals surface area contributed by atoms with Gasteiger partial charge in [-0.15, -0.1) is 0 Å². The number of rotatable bonds is 5. The van der Waals surface area contributed by atoms with Crippen LogP contribution in [0.3, 0.4) is 0 Å². The number of methoxy groups -OCH3 is 1. The van der Waals surface area contributed by atoms with E-state index in [9.17, 15) is 9.59 Å². The first-order valence-corrected chi connectivity index (χ1v) is 8.06. The predicted molar refractivity (Wildman–Crippen MR) is 97.2 cm³/mol. The standard InChI is InChI=1S/C20H23NO4/c1-12-8-6-11-18(13(12)2)25-15(4)19(22)21-17-10-7-9-16(14(17)3)20(23)24-5/h6-11,15H,1-5H3,(H,21,22)/t15-/m1/s1. The van der Waals surface area contributed by atoms with Crippen molar-refractivity contribution in [3.8, 4) is 5.75 Å². The third kappa shape index (κ3) is 4.18. The molecule has 0 aromatic heterocycles. The summed E-state index contributed by atoms with van der Waals surface area (Å²) in [5, 5.41) is 2.81. The van der Waals surface area contributed by atoms with E-state index in [0.717, 1.165) is 11.1 Å². The Labute approximate surface area is 148 Å². The van der Waals surface area contributed by atoms with Gasteiger partial charge in [0.1, 0.15) is 5.75 Å². The van der Waals surface area contributed by atoms with E-state index < -0.39 is 12.1 Å². The van der Waals surface area contributed by atoms with Gasteiger partial charge in [-0.25, -0.2) is 4.79 Å². The zero-order valence-corrected chi connectivity index (χ0v) is 15.2. The highest BCUT2D eigenvalue weighted by molar-refractivity contribution is 5.98. The van der Waals surface area contributed by atoms with E-state index in [-0.39, 0.29) is 5.91 Å². The van der Waals surface area contributed by atoms with Crippen molar-refractivity contribution < 1.29 is 19.1 Å². The van der Waals surface area contributed by atoms with E-state index in [1.54, 1.807) is 32.0 Å². The van der Waals surface area contributed by atoms with Gasteiger partial charge >= 0.3 is 5.97 Å². The van der Waals surface area contributed by atoms with Gasteiger partial charge in [0.25, 0.3) is 5.91 Å². The third-order valence-electron chi connectivity index (χ3n) is 4.22. The summed E-state index contributed by atoms with van der Waals surface area (Å²) in [5.74, 6) is -0.0398. The molecule has 0 aliphatic rings. The predicted octanol–water partition coefficient (Wildman–Crippen LogP) is 3.80. The molecule has 0 bridgehead atoms. The Kier molecular flexibility index (Phi) is 5.80. The van der Waals surface area contributed by atoms with Crippen LogP contribution < -0.4 is 10.1 Å². The Morgan fingerprint density at radius 2 is 1.68 bits per heavy atom. The van der Waals surface area contributed by atoms with Gasteiger partial charge < -0.3 is 14.8 Å². The van der Waals surface area contributed by atoms with Crippen LogP contribution in [0, 0.1) is 20.8 Å². The second kappa shape index (κ2) is 7.83. The fourth-order valence-corrected chi connectivity index (χ4v) is 2.43. The number of hydrogen-bond donors (Lipinski definition) is 1. The molecular formula is C20H23NO4. The third-order valence-corrected chi connectivity index (χ3v) is 4.22. The zero-order valence-electron chi connectivity index (χ0n) is 15.2. The van der Waals surface area contributed by atoms with E-state index in [2.05, 4.69) is 5.32 Å². The lowest BCUT2D eigenvalue weighted by molar-refractivity contribution is -0.122. The summed E-state index contributed by atoms with van der Waals surface area (Å²) in [5.41, 5.74) is 3.74. The van der Waals surface area contributed by atoms with E-state index in [1.807, 2.05) is 32.0 Å². The molecule has 5 nitrogen and oxygen atoms in total. The number of ether oxygens (including phenoxy) is 2. The highest BCUT2D eigenvalue weighted by Gasteiger charge is 2.19. The van der Waals surface area contributed by atoms with Crippen molar-refractivity contribution in [1.82, 2.24) is 0 Å². The first kappa shape index (κ1) is 18.5. The van der Waals surface area contributed by atoms with Crippen LogP contribution in [0.1, 0.15) is 34.0 Å². The molecule has 1 N–H and O–H groups in total. The summed E-state index contributed by atoms with van der Waals surface area (Å²) < 4.78 is 10.5. The molecule has 0 radical (unpaired) electrons. The molecule has 0 aliphatic heterocycles. The van der Waals surface area contributed by atoms with Gasteiger partial charge in [-0.1, -0.05) is 18.2 Å². The molecule has 2 aromatic carbocycles. The molecule has 1 atom stereocenters. The topological polar surface area (TPSA) is 64.6 Å². The Balaban J connectivity index is 2.14. The molecule has 1 amide bonds. The largest absolute Gasteiger partial charge is 0.481 e. The molecule has 0 spiro atoms. The maximum absolute atomic E-state index is 12.5. The molecule has 5 heteroatoms. The first-order valence-electron chi connectivity index (χ1n) is 8.06. The van der Waals surface area contributed by atoms with Crippen molar-refractivity contribution in [2.45, 2.75) is 33.8 Å². The van der Waals surface area contributed by atoms with Gasteiger partial charge in [-0.2, -0.15) is 0 Å². The smallest absolute Gasteiger partial charge is 0.338 e. The van der Waals surface area contributed by atoms with Crippen LogP contribution in [0.25, 0.3) is 0 Å². The van der Waals surface area contributed by atoms with Gasteiger partial charge in [-0.3, -0.25) is 4.79 Å². The molecule has 132 valence electrons. The summed E-state index contributed by atoms with van der Waals surface area (Å²) in [6, 6.07) is 10.8. The quantitative estimate of drug-likeness (QED) is 0.840. The number of esters is 1. The maximum atomic E-state index is 12.5. The van der Waals surface area contributed by atoms with Crippen molar-refractivity contribution in [2.75, 3.05) is 12.4 Å². The Hall–Kier alpha value is -2.82. The molecule has 0 saturated carbocycles. The number of hydrogen-bond acceptors (Lipinski definition) is 4. The summed E-state index contributed by atoms with van der Waals surface area (Å²) in [7, 11) is 1.33. The van der Waals surface area contributed by atoms with Crippen molar-refractivity contribution in [3.05, 3.63) is 58.7 Å². The van der Waals surface area contributed by atoms with Crippen molar-refractivity contribution in [2.24, 2.45) is 0 Å². The van der Waals surface area contributed by atoms with Gasteiger partial charge in [0.2, 0.25) is 0 Å². The molecule has 0 saturated heterocycles. The van der Waals surface area contributed by atoms with Crippen LogP contribution >= 0.6 is 0 Å². The van der Waals surface area contributed by atoms with Crippen LogP contribution in [0.15, 0.2) is 36.4 Å². The molecule has 0 fully saturated rings. The van der Waals surface area contributed by atoms with Crippen LogP contribution in [0.5, 0.6) is 5.75 Å². The van der Waals surface area contributed by atoms with Crippen LogP contribution in [0.4, 0.5) is 5.69 Å². The highest BCUT2D eigenvalue weighted by atomic mass is 16.5. The lowest BCUT2D eigenvalue weighted by atomic mass is 10.1. The first-order chi connectivity index (χ1) is 11.8. The second-order valence-corrected chi connectivity index (χ2v) is 5.92. The summed E-state index contributed by atoms with van der Waals surface area (Å²) in [6.07, 6.45) is -0.679. The zero-order chi connectivity index (χ0) is 18.6. The average Bonchev–Trinajstić information content (AvgIpc) is 2.60. The Morgan fingerprint density at radius 1 is 1.00 bits per heavy atom. The molecule has 0 unspecified atom stereocenters. The number of carbonyl (C=O) groups excluding carboxylic acids is 2.